The van der Waals surface area contributed by atoms with E-state index in [1.165, 1.54) is 35.6 Å². The number of hydrogen-bond acceptors (Lipinski definition) is 9. The van der Waals surface area contributed by atoms with Crippen molar-refractivity contribution in [2.45, 2.75) is 36.0 Å². The van der Waals surface area contributed by atoms with E-state index in [4.69, 9.17) is 4.74 Å². The van der Waals surface area contributed by atoms with Crippen LogP contribution in [0.5, 0.6) is 0 Å². The molecule has 2 rings (SSSR count). The van der Waals surface area contributed by atoms with E-state index < -0.39 is 16.1 Å². The van der Waals surface area contributed by atoms with Gasteiger partial charge >= 0.3 is 6.09 Å². The highest BCUT2D eigenvalue weighted by Crippen LogP contribution is 2.26. The first kappa shape index (κ1) is 24.1. The molecule has 2 amide bonds. The van der Waals surface area contributed by atoms with Crippen LogP contribution in [0.2, 0.25) is 0 Å². The smallest absolute Gasteiger partial charge is 0.413 e. The molecule has 0 aliphatic rings. The number of carbonyl (C=O) groups excluding carboxylic acids is 2. The Labute approximate surface area is 183 Å². The van der Waals surface area contributed by atoms with Crippen LogP contribution in [0, 0.1) is 0 Å². The lowest BCUT2D eigenvalue weighted by molar-refractivity contribution is -0.113. The van der Waals surface area contributed by atoms with Gasteiger partial charge in [0.2, 0.25) is 21.1 Å². The van der Waals surface area contributed by atoms with Gasteiger partial charge in [-0.3, -0.25) is 10.1 Å². The van der Waals surface area contributed by atoms with E-state index in [0.29, 0.717) is 10.0 Å². The SMILES string of the molecule is CCOC(=O)Nc1nnc(SCC(=O)Nc2ccc(S(=O)(=O)N(C)C(C)C)cc2)s1. The van der Waals surface area contributed by atoms with Crippen molar-refractivity contribution in [3.63, 3.8) is 0 Å². The molecular weight excluding hydrogens is 450 g/mol. The topological polar surface area (TPSA) is 131 Å². The Hall–Kier alpha value is -2.22. The number of amides is 2. The van der Waals surface area contributed by atoms with Gasteiger partial charge in [0.15, 0.2) is 4.34 Å². The summed E-state index contributed by atoms with van der Waals surface area (Å²) in [6.07, 6.45) is -0.618. The molecule has 0 unspecified atom stereocenters. The van der Waals surface area contributed by atoms with E-state index in [1.54, 1.807) is 20.8 Å². The van der Waals surface area contributed by atoms with Crippen molar-refractivity contribution in [1.29, 1.82) is 0 Å². The zero-order chi connectivity index (χ0) is 22.3. The van der Waals surface area contributed by atoms with Crippen molar-refractivity contribution >= 4 is 55.9 Å². The van der Waals surface area contributed by atoms with Crippen molar-refractivity contribution in [2.75, 3.05) is 30.0 Å². The molecule has 30 heavy (non-hydrogen) atoms. The number of ether oxygens (including phenoxy) is 1. The van der Waals surface area contributed by atoms with E-state index in [0.717, 1.165) is 23.1 Å². The number of rotatable bonds is 9. The molecule has 13 heteroatoms. The zero-order valence-electron chi connectivity index (χ0n) is 16.9. The molecule has 164 valence electrons. The third-order valence-corrected chi connectivity index (χ3v) is 7.78. The van der Waals surface area contributed by atoms with Crippen LogP contribution in [0.1, 0.15) is 20.8 Å². The average Bonchev–Trinajstić information content (AvgIpc) is 3.13. The largest absolute Gasteiger partial charge is 0.450 e. The summed E-state index contributed by atoms with van der Waals surface area (Å²) < 4.78 is 31.5. The van der Waals surface area contributed by atoms with Crippen LogP contribution in [-0.4, -0.2) is 60.4 Å². The molecule has 1 aromatic carbocycles. The third-order valence-electron chi connectivity index (χ3n) is 3.76. The van der Waals surface area contributed by atoms with Crippen LogP contribution in [0.25, 0.3) is 0 Å². The van der Waals surface area contributed by atoms with Gasteiger partial charge in [0.25, 0.3) is 0 Å². The first-order valence-corrected chi connectivity index (χ1v) is 12.2. The second-order valence-electron chi connectivity index (χ2n) is 6.19. The fourth-order valence-corrected chi connectivity index (χ4v) is 4.96. The Bertz CT molecular complexity index is 976. The first-order valence-electron chi connectivity index (χ1n) is 8.91. The van der Waals surface area contributed by atoms with Gasteiger partial charge in [-0.1, -0.05) is 23.1 Å². The molecule has 0 saturated heterocycles. The van der Waals surface area contributed by atoms with Crippen molar-refractivity contribution in [3.8, 4) is 0 Å². The Morgan fingerprint density at radius 1 is 1.20 bits per heavy atom. The van der Waals surface area contributed by atoms with Gasteiger partial charge in [-0.25, -0.2) is 13.2 Å². The molecule has 0 radical (unpaired) electrons. The van der Waals surface area contributed by atoms with E-state index >= 15 is 0 Å². The summed E-state index contributed by atoms with van der Waals surface area (Å²) in [5, 5.41) is 13.1. The van der Waals surface area contributed by atoms with Crippen LogP contribution in [0.4, 0.5) is 15.6 Å². The molecule has 2 N–H and O–H groups in total. The van der Waals surface area contributed by atoms with Crippen LogP contribution < -0.4 is 10.6 Å². The minimum Gasteiger partial charge on any atom is -0.450 e. The number of aromatic nitrogens is 2. The molecule has 0 fully saturated rings. The maximum absolute atomic E-state index is 12.5. The number of anilines is 2. The van der Waals surface area contributed by atoms with Crippen molar-refractivity contribution in [3.05, 3.63) is 24.3 Å². The number of sulfonamides is 1. The predicted octanol–water partition coefficient (Wildman–Crippen LogP) is 2.87. The van der Waals surface area contributed by atoms with Gasteiger partial charge in [-0.2, -0.15) is 4.31 Å². The number of carbonyl (C=O) groups is 2. The van der Waals surface area contributed by atoms with Crippen LogP contribution in [0.3, 0.4) is 0 Å². The summed E-state index contributed by atoms with van der Waals surface area (Å²) in [5.74, 6) is -0.213. The summed E-state index contributed by atoms with van der Waals surface area (Å²) in [7, 11) is -2.05. The van der Waals surface area contributed by atoms with Crippen molar-refractivity contribution in [1.82, 2.24) is 14.5 Å². The molecule has 0 bridgehead atoms. The monoisotopic (exact) mass is 473 g/mol. The Balaban J connectivity index is 1.88. The summed E-state index contributed by atoms with van der Waals surface area (Å²) in [6, 6.07) is 5.82. The molecule has 0 aliphatic carbocycles. The molecule has 0 saturated carbocycles. The minimum atomic E-state index is -3.58. The molecule has 0 spiro atoms. The highest BCUT2D eigenvalue weighted by Gasteiger charge is 2.22. The average molecular weight is 474 g/mol. The third kappa shape index (κ3) is 6.65. The minimum absolute atomic E-state index is 0.0736. The maximum Gasteiger partial charge on any atom is 0.413 e. The molecule has 0 atom stereocenters. The van der Waals surface area contributed by atoms with Gasteiger partial charge in [0.05, 0.1) is 17.3 Å². The fraction of sp³-hybridized carbons (Fsp3) is 0.412. The highest BCUT2D eigenvalue weighted by atomic mass is 32.2. The van der Waals surface area contributed by atoms with Crippen molar-refractivity contribution < 1.29 is 22.7 Å². The number of hydrogen-bond donors (Lipinski definition) is 2. The number of benzene rings is 1. The quantitative estimate of drug-likeness (QED) is 0.420. The molecule has 1 heterocycles. The van der Waals surface area contributed by atoms with Gasteiger partial charge in [-0.15, -0.1) is 10.2 Å². The molecule has 1 aromatic heterocycles. The molecule has 2 aromatic rings. The van der Waals surface area contributed by atoms with E-state index in [9.17, 15) is 18.0 Å². The molecule has 0 aliphatic heterocycles. The number of nitrogens with one attached hydrogen (secondary N) is 2. The summed E-state index contributed by atoms with van der Waals surface area (Å²) in [5.41, 5.74) is 0.480. The first-order chi connectivity index (χ1) is 14.1. The van der Waals surface area contributed by atoms with Gasteiger partial charge < -0.3 is 10.1 Å². The lowest BCUT2D eigenvalue weighted by Gasteiger charge is -2.21. The fourth-order valence-electron chi connectivity index (χ4n) is 2.05. The van der Waals surface area contributed by atoms with E-state index in [2.05, 4.69) is 20.8 Å². The normalized spacial score (nSPS) is 11.5. The molecule has 10 nitrogen and oxygen atoms in total. The van der Waals surface area contributed by atoms with Gasteiger partial charge in [-0.05, 0) is 45.0 Å². The van der Waals surface area contributed by atoms with Gasteiger partial charge in [0.1, 0.15) is 0 Å². The lowest BCUT2D eigenvalue weighted by Crippen LogP contribution is -2.33. The van der Waals surface area contributed by atoms with Crippen LogP contribution in [-0.2, 0) is 19.6 Å². The Kier molecular flexibility index (Phi) is 8.58. The standard InChI is InChI=1S/C17H23N5O5S3/c1-5-27-16(24)19-15-20-21-17(29-15)28-10-14(23)18-12-6-8-13(9-7-12)30(25,26)22(4)11(2)3/h6-9,11H,5,10H2,1-4H3,(H,18,23)(H,19,20,24). The predicted molar refractivity (Wildman–Crippen MR) is 116 cm³/mol. The van der Waals surface area contributed by atoms with Gasteiger partial charge in [0, 0.05) is 18.8 Å². The summed E-state index contributed by atoms with van der Waals surface area (Å²) >= 11 is 2.28. The highest BCUT2D eigenvalue weighted by molar-refractivity contribution is 8.01. The zero-order valence-corrected chi connectivity index (χ0v) is 19.4. The van der Waals surface area contributed by atoms with Crippen molar-refractivity contribution in [2.24, 2.45) is 0 Å². The Morgan fingerprint density at radius 3 is 2.47 bits per heavy atom. The lowest BCUT2D eigenvalue weighted by atomic mass is 10.3. The molecular formula is C17H23N5O5S3. The summed E-state index contributed by atoms with van der Waals surface area (Å²) in [6.45, 7) is 5.51. The van der Waals surface area contributed by atoms with E-state index in [1.807, 2.05) is 0 Å². The second-order valence-corrected chi connectivity index (χ2v) is 10.4. The Morgan fingerprint density at radius 2 is 1.87 bits per heavy atom. The second kappa shape index (κ2) is 10.7. The maximum atomic E-state index is 12.5. The van der Waals surface area contributed by atoms with Crippen LogP contribution >= 0.6 is 23.1 Å². The summed E-state index contributed by atoms with van der Waals surface area (Å²) in [4.78, 5) is 23.6. The van der Waals surface area contributed by atoms with Crippen LogP contribution in [0.15, 0.2) is 33.5 Å². The number of nitrogens with zero attached hydrogens (tertiary/aromatic N) is 3. The number of thioether (sulfide) groups is 1. The van der Waals surface area contributed by atoms with E-state index in [-0.39, 0.29) is 34.3 Å².